The van der Waals surface area contributed by atoms with E-state index in [4.69, 9.17) is 9.98 Å². The van der Waals surface area contributed by atoms with Crippen LogP contribution in [-0.4, -0.2) is 31.2 Å². The standard InChI is InChI=1S/C41H42N6O2/c1-26-19-32(20-27(2)38(26)42-24-36-30(5)44(7)46(40(36)48)34-15-11-9-12-16-34)23-33-21-28(3)39(29(4)22-33)43-25-37-31(6)45(8)47(41(37)49)35-17-13-10-14-18-35/h9-22,24-25H,23H2,1-8H3. The lowest BCUT2D eigenvalue weighted by molar-refractivity contribution is 0.630. The molecule has 0 saturated heterocycles. The molecule has 0 atom stereocenters. The summed E-state index contributed by atoms with van der Waals surface area (Å²) >= 11 is 0. The maximum Gasteiger partial charge on any atom is 0.280 e. The summed E-state index contributed by atoms with van der Waals surface area (Å²) in [5, 5.41) is 0. The second-order valence-electron chi connectivity index (χ2n) is 12.8. The van der Waals surface area contributed by atoms with Crippen molar-refractivity contribution in [3.63, 3.8) is 0 Å². The van der Waals surface area contributed by atoms with Gasteiger partial charge in [0.1, 0.15) is 0 Å². The summed E-state index contributed by atoms with van der Waals surface area (Å²) in [5.74, 6) is 0. The van der Waals surface area contributed by atoms with Crippen molar-refractivity contribution in [1.82, 2.24) is 18.7 Å². The van der Waals surface area contributed by atoms with Gasteiger partial charge < -0.3 is 0 Å². The van der Waals surface area contributed by atoms with Crippen molar-refractivity contribution in [1.29, 1.82) is 0 Å². The summed E-state index contributed by atoms with van der Waals surface area (Å²) in [7, 11) is 3.78. The molecule has 0 radical (unpaired) electrons. The van der Waals surface area contributed by atoms with Gasteiger partial charge in [-0.3, -0.25) is 28.9 Å². The third-order valence-electron chi connectivity index (χ3n) is 9.35. The van der Waals surface area contributed by atoms with Crippen LogP contribution in [0.25, 0.3) is 11.4 Å². The number of para-hydroxylation sites is 2. The van der Waals surface area contributed by atoms with Crippen LogP contribution in [0.1, 0.15) is 55.9 Å². The van der Waals surface area contributed by atoms with E-state index in [1.54, 1.807) is 21.8 Å². The summed E-state index contributed by atoms with van der Waals surface area (Å²) in [6.45, 7) is 12.1. The molecule has 8 heteroatoms. The first kappa shape index (κ1) is 33.2. The summed E-state index contributed by atoms with van der Waals surface area (Å²) in [6, 6.07) is 28.0. The molecule has 8 nitrogen and oxygen atoms in total. The highest BCUT2D eigenvalue weighted by molar-refractivity contribution is 5.85. The van der Waals surface area contributed by atoms with Gasteiger partial charge in [0, 0.05) is 37.9 Å². The minimum absolute atomic E-state index is 0.0939. The molecule has 0 saturated carbocycles. The molecule has 4 aromatic carbocycles. The summed E-state index contributed by atoms with van der Waals surface area (Å²) in [5.41, 5.74) is 12.6. The van der Waals surface area contributed by atoms with Crippen LogP contribution in [0.2, 0.25) is 0 Å². The molecule has 0 N–H and O–H groups in total. The van der Waals surface area contributed by atoms with Crippen LogP contribution in [0, 0.1) is 41.5 Å². The first-order valence-electron chi connectivity index (χ1n) is 16.4. The third kappa shape index (κ3) is 6.29. The van der Waals surface area contributed by atoms with Crippen molar-refractivity contribution in [2.24, 2.45) is 24.1 Å². The van der Waals surface area contributed by atoms with E-state index < -0.39 is 0 Å². The fourth-order valence-corrected chi connectivity index (χ4v) is 6.67. The van der Waals surface area contributed by atoms with Gasteiger partial charge in [-0.1, -0.05) is 60.7 Å². The fourth-order valence-electron chi connectivity index (χ4n) is 6.67. The zero-order valence-corrected chi connectivity index (χ0v) is 29.4. The Hall–Kier alpha value is -5.76. The average molecular weight is 651 g/mol. The van der Waals surface area contributed by atoms with Crippen molar-refractivity contribution >= 4 is 23.8 Å². The van der Waals surface area contributed by atoms with Crippen molar-refractivity contribution in [2.75, 3.05) is 0 Å². The first-order chi connectivity index (χ1) is 23.5. The van der Waals surface area contributed by atoms with Crippen molar-refractivity contribution in [3.8, 4) is 11.4 Å². The first-order valence-corrected chi connectivity index (χ1v) is 16.4. The molecule has 0 aliphatic rings. The van der Waals surface area contributed by atoms with E-state index in [2.05, 4.69) is 52.0 Å². The molecule has 0 aliphatic carbocycles. The number of aliphatic imine (C=N–C) groups is 2. The monoisotopic (exact) mass is 650 g/mol. The van der Waals surface area contributed by atoms with E-state index in [0.29, 0.717) is 11.1 Å². The maximum atomic E-state index is 13.4. The van der Waals surface area contributed by atoms with E-state index in [0.717, 1.165) is 62.8 Å². The summed E-state index contributed by atoms with van der Waals surface area (Å²) < 4.78 is 7.08. The Balaban J connectivity index is 1.23. The Morgan fingerprint density at radius 1 is 0.531 bits per heavy atom. The highest BCUT2D eigenvalue weighted by Gasteiger charge is 2.17. The molecule has 0 fully saturated rings. The molecule has 2 aromatic heterocycles. The lowest BCUT2D eigenvalue weighted by Gasteiger charge is -2.12. The smallest absolute Gasteiger partial charge is 0.280 e. The SMILES string of the molecule is Cc1cc(Cc2cc(C)c(N=Cc3c(C)n(C)n(-c4ccccc4)c3=O)c(C)c2)cc(C)c1N=Cc1c(C)n(C)n(-c2ccccc2)c1=O. The Kier molecular flexibility index (Phi) is 9.06. The van der Waals surface area contributed by atoms with Gasteiger partial charge in [0.25, 0.3) is 11.1 Å². The molecule has 6 rings (SSSR count). The van der Waals surface area contributed by atoms with E-state index in [1.165, 1.54) is 11.1 Å². The normalized spacial score (nSPS) is 11.8. The van der Waals surface area contributed by atoms with Crippen LogP contribution in [0.5, 0.6) is 0 Å². The van der Waals surface area contributed by atoms with Crippen LogP contribution in [0.15, 0.2) is 105 Å². The molecule has 2 heterocycles. The van der Waals surface area contributed by atoms with E-state index >= 15 is 0 Å². The highest BCUT2D eigenvalue weighted by atomic mass is 16.1. The highest BCUT2D eigenvalue weighted by Crippen LogP contribution is 2.30. The molecular weight excluding hydrogens is 608 g/mol. The van der Waals surface area contributed by atoms with Crippen LogP contribution >= 0.6 is 0 Å². The zero-order chi connectivity index (χ0) is 35.0. The van der Waals surface area contributed by atoms with Gasteiger partial charge in [-0.2, -0.15) is 0 Å². The van der Waals surface area contributed by atoms with Crippen LogP contribution in [0.4, 0.5) is 11.4 Å². The Morgan fingerprint density at radius 3 is 1.18 bits per heavy atom. The van der Waals surface area contributed by atoms with E-state index in [1.807, 2.05) is 98.0 Å². The van der Waals surface area contributed by atoms with Gasteiger partial charge in [0.05, 0.1) is 33.9 Å². The molecule has 6 aromatic rings. The predicted molar refractivity (Wildman–Crippen MR) is 201 cm³/mol. The molecule has 248 valence electrons. The summed E-state index contributed by atoms with van der Waals surface area (Å²) in [6.07, 6.45) is 4.16. The van der Waals surface area contributed by atoms with Crippen molar-refractivity contribution in [2.45, 2.75) is 48.0 Å². The average Bonchev–Trinajstić information content (AvgIpc) is 3.42. The van der Waals surface area contributed by atoms with Crippen molar-refractivity contribution < 1.29 is 0 Å². The fraction of sp³-hybridized carbons (Fsp3) is 0.220. The molecule has 0 bridgehead atoms. The van der Waals surface area contributed by atoms with Crippen LogP contribution < -0.4 is 11.1 Å². The van der Waals surface area contributed by atoms with Gasteiger partial charge in [-0.15, -0.1) is 0 Å². The number of aromatic nitrogens is 4. The van der Waals surface area contributed by atoms with Gasteiger partial charge >= 0.3 is 0 Å². The molecule has 0 unspecified atom stereocenters. The lowest BCUT2D eigenvalue weighted by Crippen LogP contribution is -2.20. The minimum atomic E-state index is -0.0939. The second-order valence-corrected chi connectivity index (χ2v) is 12.8. The third-order valence-corrected chi connectivity index (χ3v) is 9.35. The topological polar surface area (TPSA) is 78.6 Å². The Morgan fingerprint density at radius 2 is 0.857 bits per heavy atom. The van der Waals surface area contributed by atoms with Gasteiger partial charge in [-0.05, 0) is 106 Å². The number of hydrogen-bond donors (Lipinski definition) is 0. The van der Waals surface area contributed by atoms with Gasteiger partial charge in [-0.25, -0.2) is 9.36 Å². The Bertz CT molecular complexity index is 2150. The number of benzene rings is 4. The van der Waals surface area contributed by atoms with Crippen LogP contribution in [0.3, 0.4) is 0 Å². The predicted octanol–water partition coefficient (Wildman–Crippen LogP) is 7.61. The van der Waals surface area contributed by atoms with Gasteiger partial charge in [0.15, 0.2) is 0 Å². The van der Waals surface area contributed by atoms with Crippen molar-refractivity contribution in [3.05, 3.63) is 162 Å². The van der Waals surface area contributed by atoms with E-state index in [-0.39, 0.29) is 11.1 Å². The molecule has 0 amide bonds. The quantitative estimate of drug-likeness (QED) is 0.159. The molecule has 0 aliphatic heterocycles. The number of rotatable bonds is 8. The molecule has 0 spiro atoms. The largest absolute Gasteiger partial charge is 0.285 e. The molecule has 49 heavy (non-hydrogen) atoms. The lowest BCUT2D eigenvalue weighted by atomic mass is 9.96. The molecular formula is C41H42N6O2. The Labute approximate surface area is 286 Å². The summed E-state index contributed by atoms with van der Waals surface area (Å²) in [4.78, 5) is 36.4. The number of aryl methyl sites for hydroxylation is 4. The van der Waals surface area contributed by atoms with Crippen LogP contribution in [-0.2, 0) is 20.5 Å². The number of nitrogens with zero attached hydrogens (tertiary/aromatic N) is 6. The second kappa shape index (κ2) is 13.4. The van der Waals surface area contributed by atoms with E-state index in [9.17, 15) is 9.59 Å². The zero-order valence-electron chi connectivity index (χ0n) is 29.4. The van der Waals surface area contributed by atoms with Gasteiger partial charge in [0.2, 0.25) is 0 Å². The number of hydrogen-bond acceptors (Lipinski definition) is 4. The maximum absolute atomic E-state index is 13.4. The minimum Gasteiger partial charge on any atom is -0.285 e.